The van der Waals surface area contributed by atoms with Crippen LogP contribution < -0.4 is 16.4 Å². The van der Waals surface area contributed by atoms with Gasteiger partial charge in [0.25, 0.3) is 17.7 Å². The standard InChI is InChI=1S/C46H45N9O7/c1-62-46(61)53-38(31-12-6-3-7-13-31)44(58)54-24-8-14-34(54)41-48-26-33(49-41)29-20-16-27(17-21-29)28-18-22-32(23-19-28)36-39(40(47)56)51-42(50-36)35-15-9-25-55(35)43(57)37(52-45(59)60)30-10-4-2-5-11-30/h2-7,10-13,16-23,26,34-35,37-38,52H,8-9,14-15,24-25H2,1H3,(H2,47,56)(H,48,49)(H,50,51)(H,53,61)(H,59,60)/t34-,35-,37+,38+/m0/s1. The number of amides is 5. The molecule has 16 nitrogen and oxygen atoms in total. The van der Waals surface area contributed by atoms with Gasteiger partial charge in [-0.15, -0.1) is 0 Å². The Hall–Kier alpha value is -7.75. The Labute approximate surface area is 356 Å². The number of hydrogen-bond donors (Lipinski definition) is 6. The molecule has 0 bridgehead atoms. The Morgan fingerprint density at radius 1 is 0.694 bits per heavy atom. The Balaban J connectivity index is 0.970. The molecule has 2 fully saturated rings. The first kappa shape index (κ1) is 41.0. The molecule has 4 heterocycles. The lowest BCUT2D eigenvalue weighted by Crippen LogP contribution is -2.42. The quantitative estimate of drug-likeness (QED) is 0.0773. The fraction of sp³-hybridized carbons (Fsp3) is 0.239. The van der Waals surface area contributed by atoms with Crippen molar-refractivity contribution in [3.63, 3.8) is 0 Å². The van der Waals surface area contributed by atoms with E-state index in [4.69, 9.17) is 10.5 Å². The number of ether oxygens (including phenoxy) is 1. The van der Waals surface area contributed by atoms with Gasteiger partial charge in [-0.3, -0.25) is 14.4 Å². The largest absolute Gasteiger partial charge is 0.465 e. The number of aromatic amines is 2. The lowest BCUT2D eigenvalue weighted by molar-refractivity contribution is -0.135. The number of rotatable bonds is 12. The normalized spacial score (nSPS) is 17.0. The summed E-state index contributed by atoms with van der Waals surface area (Å²) >= 11 is 0. The molecule has 4 atom stereocenters. The molecule has 4 aromatic carbocycles. The van der Waals surface area contributed by atoms with Crippen molar-refractivity contribution >= 4 is 29.9 Å². The van der Waals surface area contributed by atoms with Crippen LogP contribution >= 0.6 is 0 Å². The number of nitrogens with one attached hydrogen (secondary N) is 4. The van der Waals surface area contributed by atoms with Gasteiger partial charge in [-0.25, -0.2) is 19.6 Å². The van der Waals surface area contributed by atoms with Crippen molar-refractivity contribution in [2.24, 2.45) is 5.73 Å². The van der Waals surface area contributed by atoms with Gasteiger partial charge >= 0.3 is 12.2 Å². The van der Waals surface area contributed by atoms with Crippen molar-refractivity contribution in [1.82, 2.24) is 40.4 Å². The molecule has 5 amide bonds. The molecule has 316 valence electrons. The van der Waals surface area contributed by atoms with Crippen LogP contribution in [-0.4, -0.2) is 84.9 Å². The van der Waals surface area contributed by atoms with E-state index in [-0.39, 0.29) is 17.6 Å². The van der Waals surface area contributed by atoms with E-state index in [1.54, 1.807) is 58.5 Å². The lowest BCUT2D eigenvalue weighted by atomic mass is 10.0. The SMILES string of the molecule is COC(=O)N[C@@H](C(=O)N1CCC[C@H]1c1ncc(-c2ccc(-c3ccc(-c4[nH]c([C@@H]5CCCN5C(=O)[C@H](NC(=O)O)c5ccccc5)nc4C(N)=O)cc3)cc2)[nH]1)c1ccccc1. The van der Waals surface area contributed by atoms with Crippen molar-refractivity contribution in [3.05, 3.63) is 144 Å². The summed E-state index contributed by atoms with van der Waals surface area (Å²) in [5.41, 5.74) is 11.7. The molecule has 2 aliphatic rings. The average molecular weight is 836 g/mol. The molecule has 0 radical (unpaired) electrons. The molecule has 0 saturated carbocycles. The highest BCUT2D eigenvalue weighted by molar-refractivity contribution is 5.97. The number of hydrogen-bond acceptors (Lipinski definition) is 8. The van der Waals surface area contributed by atoms with Gasteiger partial charge < -0.3 is 46.0 Å². The first-order valence-electron chi connectivity index (χ1n) is 20.3. The maximum absolute atomic E-state index is 13.9. The number of alkyl carbamates (subject to hydrolysis) is 1. The maximum atomic E-state index is 13.9. The summed E-state index contributed by atoms with van der Waals surface area (Å²) in [7, 11) is 1.26. The summed E-state index contributed by atoms with van der Waals surface area (Å²) in [5.74, 6) is -0.338. The minimum Gasteiger partial charge on any atom is -0.465 e. The number of carbonyl (C=O) groups is 5. The van der Waals surface area contributed by atoms with Crippen LogP contribution in [0.15, 0.2) is 115 Å². The highest BCUT2D eigenvalue weighted by Crippen LogP contribution is 2.37. The zero-order valence-electron chi connectivity index (χ0n) is 33.8. The van der Waals surface area contributed by atoms with Crippen molar-refractivity contribution in [2.45, 2.75) is 49.9 Å². The Morgan fingerprint density at radius 2 is 1.19 bits per heavy atom. The smallest absolute Gasteiger partial charge is 0.407 e. The molecule has 6 aromatic rings. The number of nitrogens with zero attached hydrogens (tertiary/aromatic N) is 4. The fourth-order valence-electron chi connectivity index (χ4n) is 8.39. The van der Waals surface area contributed by atoms with Gasteiger partial charge in [-0.05, 0) is 53.5 Å². The molecule has 0 spiro atoms. The van der Waals surface area contributed by atoms with Gasteiger partial charge in [0.2, 0.25) is 0 Å². The molecule has 2 saturated heterocycles. The van der Waals surface area contributed by atoms with E-state index in [0.717, 1.165) is 28.8 Å². The van der Waals surface area contributed by atoms with Crippen molar-refractivity contribution < 1.29 is 33.8 Å². The Kier molecular flexibility index (Phi) is 11.8. The predicted octanol–water partition coefficient (Wildman–Crippen LogP) is 6.67. The fourth-order valence-corrected chi connectivity index (χ4v) is 8.39. The highest BCUT2D eigenvalue weighted by atomic mass is 16.5. The molecule has 2 aliphatic heterocycles. The van der Waals surface area contributed by atoms with Gasteiger partial charge in [0.05, 0.1) is 36.8 Å². The number of methoxy groups -OCH3 is 1. The van der Waals surface area contributed by atoms with E-state index in [2.05, 4.69) is 30.6 Å². The van der Waals surface area contributed by atoms with E-state index in [1.807, 2.05) is 66.7 Å². The van der Waals surface area contributed by atoms with Crippen LogP contribution in [0.2, 0.25) is 0 Å². The lowest BCUT2D eigenvalue weighted by Gasteiger charge is -2.28. The third-order valence-corrected chi connectivity index (χ3v) is 11.4. The summed E-state index contributed by atoms with van der Waals surface area (Å²) in [6.07, 6.45) is 2.47. The number of benzene rings is 4. The summed E-state index contributed by atoms with van der Waals surface area (Å²) in [4.78, 5) is 83.7. The van der Waals surface area contributed by atoms with Crippen molar-refractivity contribution in [3.8, 4) is 33.6 Å². The van der Waals surface area contributed by atoms with Crippen LogP contribution in [0.5, 0.6) is 0 Å². The average Bonchev–Trinajstić information content (AvgIpc) is 4.14. The van der Waals surface area contributed by atoms with E-state index < -0.39 is 42.1 Å². The minimum atomic E-state index is -1.32. The molecule has 8 rings (SSSR count). The molecular weight excluding hydrogens is 791 g/mol. The second-order valence-corrected chi connectivity index (χ2v) is 15.2. The molecule has 7 N–H and O–H groups in total. The van der Waals surface area contributed by atoms with Crippen molar-refractivity contribution in [1.29, 1.82) is 0 Å². The number of carbonyl (C=O) groups excluding carboxylic acids is 4. The highest BCUT2D eigenvalue weighted by Gasteiger charge is 2.39. The third kappa shape index (κ3) is 8.48. The predicted molar refractivity (Wildman–Crippen MR) is 228 cm³/mol. The van der Waals surface area contributed by atoms with Gasteiger partial charge in [-0.2, -0.15) is 0 Å². The van der Waals surface area contributed by atoms with E-state index in [1.165, 1.54) is 7.11 Å². The number of aromatic nitrogens is 4. The van der Waals surface area contributed by atoms with Gasteiger partial charge in [0, 0.05) is 18.7 Å². The first-order valence-corrected chi connectivity index (χ1v) is 20.3. The summed E-state index contributed by atoms with van der Waals surface area (Å²) < 4.78 is 4.82. The van der Waals surface area contributed by atoms with Crippen LogP contribution in [0.1, 0.15) is 83.1 Å². The van der Waals surface area contributed by atoms with Gasteiger partial charge in [0.1, 0.15) is 23.7 Å². The zero-order valence-corrected chi connectivity index (χ0v) is 33.8. The monoisotopic (exact) mass is 835 g/mol. The Bertz CT molecular complexity index is 2580. The number of nitrogens with two attached hydrogens (primary N) is 1. The Morgan fingerprint density at radius 3 is 1.71 bits per heavy atom. The van der Waals surface area contributed by atoms with Crippen LogP contribution in [0.25, 0.3) is 33.6 Å². The molecule has 0 aliphatic carbocycles. The molecular formula is C46H45N9O7. The summed E-state index contributed by atoms with van der Waals surface area (Å²) in [5, 5.41) is 14.6. The zero-order chi connectivity index (χ0) is 43.3. The first-order chi connectivity index (χ1) is 30.1. The number of likely N-dealkylation sites (tertiary alicyclic amines) is 2. The van der Waals surface area contributed by atoms with E-state index in [0.29, 0.717) is 66.4 Å². The van der Waals surface area contributed by atoms with Gasteiger partial charge in [-0.1, -0.05) is 109 Å². The summed E-state index contributed by atoms with van der Waals surface area (Å²) in [6, 6.07) is 30.4. The van der Waals surface area contributed by atoms with Crippen LogP contribution in [0, 0.1) is 0 Å². The second-order valence-electron chi connectivity index (χ2n) is 15.2. The second kappa shape index (κ2) is 17.8. The topological polar surface area (TPSA) is 229 Å². The van der Waals surface area contributed by atoms with Crippen molar-refractivity contribution in [2.75, 3.05) is 20.2 Å². The third-order valence-electron chi connectivity index (χ3n) is 11.4. The van der Waals surface area contributed by atoms with Gasteiger partial charge in [0.15, 0.2) is 5.69 Å². The molecule has 62 heavy (non-hydrogen) atoms. The molecule has 16 heteroatoms. The maximum Gasteiger partial charge on any atom is 0.407 e. The number of H-pyrrole nitrogens is 2. The molecule has 0 unspecified atom stereocenters. The number of primary amides is 1. The van der Waals surface area contributed by atoms with E-state index in [9.17, 15) is 29.1 Å². The molecule has 2 aromatic heterocycles. The van der Waals surface area contributed by atoms with Crippen LogP contribution in [0.3, 0.4) is 0 Å². The van der Waals surface area contributed by atoms with Crippen LogP contribution in [0.4, 0.5) is 9.59 Å². The minimum absolute atomic E-state index is 0.0394. The number of carboxylic acid groups (broad SMARTS) is 1. The number of imidazole rings is 2. The van der Waals surface area contributed by atoms with Crippen LogP contribution in [-0.2, 0) is 14.3 Å². The van der Waals surface area contributed by atoms with E-state index >= 15 is 0 Å². The summed E-state index contributed by atoms with van der Waals surface area (Å²) in [6.45, 7) is 0.910.